The van der Waals surface area contributed by atoms with E-state index in [1.807, 2.05) is 30.3 Å². The van der Waals surface area contributed by atoms with Crippen molar-refractivity contribution in [1.29, 1.82) is 5.26 Å². The zero-order valence-corrected chi connectivity index (χ0v) is 19.7. The largest absolute Gasteiger partial charge is 0.497 e. The van der Waals surface area contributed by atoms with Crippen molar-refractivity contribution in [3.8, 4) is 17.6 Å². The summed E-state index contributed by atoms with van der Waals surface area (Å²) in [5.74, 6) is 0.863. The smallest absolute Gasteiger partial charge is 0.266 e. The molecule has 0 spiro atoms. The van der Waals surface area contributed by atoms with Crippen molar-refractivity contribution in [3.63, 3.8) is 0 Å². The topological polar surface area (TPSA) is 71.3 Å². The SMILES string of the molecule is COc1ccc(NC(=O)C(C#N)=Cc2ccc(OCc3ccc(Br)cc3)c(Br)c2)cc1. The fourth-order valence-corrected chi connectivity index (χ4v) is 3.43. The Kier molecular flexibility index (Phi) is 7.88. The molecule has 1 N–H and O–H groups in total. The third-order valence-corrected chi connectivity index (χ3v) is 5.44. The molecule has 0 saturated carbocycles. The first-order valence-corrected chi connectivity index (χ1v) is 10.8. The molecule has 31 heavy (non-hydrogen) atoms. The quantitative estimate of drug-likeness (QED) is 0.279. The number of nitrogens with one attached hydrogen (secondary N) is 1. The van der Waals surface area contributed by atoms with Crippen molar-refractivity contribution < 1.29 is 14.3 Å². The number of nitrogens with zero attached hydrogens (tertiary/aromatic N) is 1. The van der Waals surface area contributed by atoms with Crippen LogP contribution >= 0.6 is 31.9 Å². The fourth-order valence-electron chi connectivity index (χ4n) is 2.65. The molecule has 0 aliphatic heterocycles. The van der Waals surface area contributed by atoms with Crippen LogP contribution in [0.5, 0.6) is 11.5 Å². The van der Waals surface area contributed by atoms with E-state index in [-0.39, 0.29) is 5.57 Å². The molecular formula is C24H18Br2N2O3. The molecule has 0 radical (unpaired) electrons. The van der Waals surface area contributed by atoms with Gasteiger partial charge in [-0.05, 0) is 81.7 Å². The Hall–Kier alpha value is -3.08. The number of nitriles is 1. The van der Waals surface area contributed by atoms with Gasteiger partial charge in [0.1, 0.15) is 29.7 Å². The van der Waals surface area contributed by atoms with Crippen molar-refractivity contribution in [2.24, 2.45) is 0 Å². The van der Waals surface area contributed by atoms with Crippen molar-refractivity contribution in [3.05, 3.63) is 92.4 Å². The lowest BCUT2D eigenvalue weighted by Crippen LogP contribution is -2.13. The van der Waals surface area contributed by atoms with Crippen LogP contribution < -0.4 is 14.8 Å². The van der Waals surface area contributed by atoms with Crippen LogP contribution in [0, 0.1) is 11.3 Å². The third kappa shape index (κ3) is 6.45. The lowest BCUT2D eigenvalue weighted by Gasteiger charge is -2.09. The van der Waals surface area contributed by atoms with Gasteiger partial charge in [-0.1, -0.05) is 34.1 Å². The van der Waals surface area contributed by atoms with Gasteiger partial charge in [0.05, 0.1) is 11.6 Å². The molecule has 0 heterocycles. The highest BCUT2D eigenvalue weighted by Gasteiger charge is 2.11. The summed E-state index contributed by atoms with van der Waals surface area (Å²) >= 11 is 6.90. The maximum atomic E-state index is 12.5. The number of halogens is 2. The number of methoxy groups -OCH3 is 1. The molecule has 3 aromatic rings. The van der Waals surface area contributed by atoms with E-state index in [1.165, 1.54) is 6.08 Å². The van der Waals surface area contributed by atoms with Gasteiger partial charge >= 0.3 is 0 Å². The number of carbonyl (C=O) groups excluding carboxylic acids is 1. The van der Waals surface area contributed by atoms with Gasteiger partial charge in [-0.15, -0.1) is 0 Å². The lowest BCUT2D eigenvalue weighted by atomic mass is 10.1. The van der Waals surface area contributed by atoms with Gasteiger partial charge in [-0.3, -0.25) is 4.79 Å². The summed E-state index contributed by atoms with van der Waals surface area (Å²) in [6.07, 6.45) is 1.53. The second-order valence-electron chi connectivity index (χ2n) is 6.46. The Morgan fingerprint density at radius 2 is 1.77 bits per heavy atom. The van der Waals surface area contributed by atoms with Crippen molar-refractivity contribution >= 4 is 49.5 Å². The fraction of sp³-hybridized carbons (Fsp3) is 0.0833. The Balaban J connectivity index is 1.68. The molecule has 0 unspecified atom stereocenters. The van der Waals surface area contributed by atoms with Gasteiger partial charge < -0.3 is 14.8 Å². The zero-order chi connectivity index (χ0) is 22.2. The average Bonchev–Trinajstić information content (AvgIpc) is 2.78. The molecule has 0 aliphatic rings. The Morgan fingerprint density at radius 1 is 1.06 bits per heavy atom. The van der Waals surface area contributed by atoms with E-state index in [1.54, 1.807) is 49.6 Å². The minimum absolute atomic E-state index is 0.00810. The number of ether oxygens (including phenoxy) is 2. The summed E-state index contributed by atoms with van der Waals surface area (Å²) < 4.78 is 12.7. The van der Waals surface area contributed by atoms with Crippen LogP contribution in [-0.4, -0.2) is 13.0 Å². The molecular weight excluding hydrogens is 524 g/mol. The molecule has 0 aromatic heterocycles. The molecule has 5 nitrogen and oxygen atoms in total. The van der Waals surface area contributed by atoms with E-state index in [2.05, 4.69) is 37.2 Å². The number of hydrogen-bond donors (Lipinski definition) is 1. The van der Waals surface area contributed by atoms with E-state index in [0.717, 1.165) is 14.5 Å². The molecule has 7 heteroatoms. The molecule has 1 amide bonds. The van der Waals surface area contributed by atoms with Gasteiger partial charge in [-0.2, -0.15) is 5.26 Å². The molecule has 0 atom stereocenters. The summed E-state index contributed by atoms with van der Waals surface area (Å²) in [5.41, 5.74) is 2.31. The van der Waals surface area contributed by atoms with Crippen molar-refractivity contribution in [2.45, 2.75) is 6.61 Å². The lowest BCUT2D eigenvalue weighted by molar-refractivity contribution is -0.112. The number of amides is 1. The average molecular weight is 542 g/mol. The Labute approximate surface area is 197 Å². The highest BCUT2D eigenvalue weighted by Crippen LogP contribution is 2.28. The highest BCUT2D eigenvalue weighted by molar-refractivity contribution is 9.10. The number of benzene rings is 3. The summed E-state index contributed by atoms with van der Waals surface area (Å²) in [6.45, 7) is 0.425. The minimum atomic E-state index is -0.487. The molecule has 0 aliphatic carbocycles. The van der Waals surface area contributed by atoms with E-state index in [4.69, 9.17) is 9.47 Å². The van der Waals surface area contributed by atoms with Crippen LogP contribution in [0.1, 0.15) is 11.1 Å². The van der Waals surface area contributed by atoms with Gasteiger partial charge in [-0.25, -0.2) is 0 Å². The van der Waals surface area contributed by atoms with Crippen LogP contribution in [0.2, 0.25) is 0 Å². The number of carbonyl (C=O) groups is 1. The van der Waals surface area contributed by atoms with E-state index < -0.39 is 5.91 Å². The first kappa shape index (κ1) is 22.6. The van der Waals surface area contributed by atoms with E-state index in [9.17, 15) is 10.1 Å². The minimum Gasteiger partial charge on any atom is -0.497 e. The van der Waals surface area contributed by atoms with Crippen LogP contribution in [0.25, 0.3) is 6.08 Å². The maximum Gasteiger partial charge on any atom is 0.266 e. The van der Waals surface area contributed by atoms with Crippen LogP contribution in [0.3, 0.4) is 0 Å². The number of anilines is 1. The summed E-state index contributed by atoms with van der Waals surface area (Å²) in [4.78, 5) is 12.5. The number of rotatable bonds is 7. The predicted molar refractivity (Wildman–Crippen MR) is 128 cm³/mol. The first-order chi connectivity index (χ1) is 15.0. The molecule has 3 rings (SSSR count). The van der Waals surface area contributed by atoms with Crippen LogP contribution in [-0.2, 0) is 11.4 Å². The second kappa shape index (κ2) is 10.8. The van der Waals surface area contributed by atoms with E-state index in [0.29, 0.717) is 29.4 Å². The first-order valence-electron chi connectivity index (χ1n) is 9.22. The second-order valence-corrected chi connectivity index (χ2v) is 8.23. The van der Waals surface area contributed by atoms with Gasteiger partial charge in [0.25, 0.3) is 5.91 Å². The summed E-state index contributed by atoms with van der Waals surface area (Å²) in [5, 5.41) is 12.1. The molecule has 156 valence electrons. The molecule has 3 aromatic carbocycles. The van der Waals surface area contributed by atoms with Crippen molar-refractivity contribution in [1.82, 2.24) is 0 Å². The standard InChI is InChI=1S/C24H18Br2N2O3/c1-30-21-9-7-20(8-10-21)28-24(29)18(14-27)12-17-4-11-23(22(26)13-17)31-15-16-2-5-19(25)6-3-16/h2-13H,15H2,1H3,(H,28,29). The zero-order valence-electron chi connectivity index (χ0n) is 16.6. The molecule has 0 bridgehead atoms. The molecule has 0 fully saturated rings. The predicted octanol–water partition coefficient (Wildman–Crippen LogP) is 6.34. The summed E-state index contributed by atoms with van der Waals surface area (Å²) in [7, 11) is 1.57. The third-order valence-electron chi connectivity index (χ3n) is 4.29. The summed E-state index contributed by atoms with van der Waals surface area (Å²) in [6, 6.07) is 22.1. The van der Waals surface area contributed by atoms with Gasteiger partial charge in [0.15, 0.2) is 0 Å². The Bertz CT molecular complexity index is 1130. The monoisotopic (exact) mass is 540 g/mol. The molecule has 0 saturated heterocycles. The van der Waals surface area contributed by atoms with Crippen molar-refractivity contribution in [2.75, 3.05) is 12.4 Å². The maximum absolute atomic E-state index is 12.5. The normalized spacial score (nSPS) is 10.8. The van der Waals surface area contributed by atoms with Gasteiger partial charge in [0, 0.05) is 10.2 Å². The number of hydrogen-bond acceptors (Lipinski definition) is 4. The Morgan fingerprint density at radius 3 is 2.39 bits per heavy atom. The van der Waals surface area contributed by atoms with E-state index >= 15 is 0 Å². The van der Waals surface area contributed by atoms with Gasteiger partial charge in [0.2, 0.25) is 0 Å². The van der Waals surface area contributed by atoms with Crippen LogP contribution in [0.15, 0.2) is 81.2 Å². The highest BCUT2D eigenvalue weighted by atomic mass is 79.9. The van der Waals surface area contributed by atoms with Crippen LogP contribution in [0.4, 0.5) is 5.69 Å².